The summed E-state index contributed by atoms with van der Waals surface area (Å²) in [7, 11) is 0. The number of hydrogen-bond donors (Lipinski definition) is 1. The van der Waals surface area contributed by atoms with E-state index in [9.17, 15) is 0 Å². The van der Waals surface area contributed by atoms with Crippen molar-refractivity contribution in [3.8, 4) is 11.1 Å². The van der Waals surface area contributed by atoms with Crippen LogP contribution in [0.25, 0.3) is 11.1 Å². The van der Waals surface area contributed by atoms with Gasteiger partial charge in [-0.25, -0.2) is 4.98 Å². The van der Waals surface area contributed by atoms with Gasteiger partial charge in [0.15, 0.2) is 0 Å². The Bertz CT molecular complexity index is 530. The summed E-state index contributed by atoms with van der Waals surface area (Å²) in [6.45, 7) is 6.33. The molecule has 0 atom stereocenters. The minimum Gasteiger partial charge on any atom is -0.384 e. The molecule has 0 bridgehead atoms. The third-order valence-electron chi connectivity index (χ3n) is 3.03. The third-order valence-corrected chi connectivity index (χ3v) is 3.03. The first kappa shape index (κ1) is 10.7. The summed E-state index contributed by atoms with van der Waals surface area (Å²) in [5.74, 6) is 0.576. The van der Waals surface area contributed by atoms with Crippen LogP contribution >= 0.6 is 0 Å². The summed E-state index contributed by atoms with van der Waals surface area (Å²) in [6, 6.07) is 8.24. The van der Waals surface area contributed by atoms with E-state index in [1.54, 1.807) is 0 Å². The molecule has 0 fully saturated rings. The second-order valence-electron chi connectivity index (χ2n) is 4.17. The Kier molecular flexibility index (Phi) is 2.65. The van der Waals surface area contributed by atoms with Gasteiger partial charge in [-0.3, -0.25) is 0 Å². The summed E-state index contributed by atoms with van der Waals surface area (Å²) >= 11 is 0. The molecule has 0 saturated carbocycles. The maximum Gasteiger partial charge on any atom is 0.123 e. The fourth-order valence-corrected chi connectivity index (χ4v) is 1.90. The van der Waals surface area contributed by atoms with Crippen LogP contribution < -0.4 is 5.73 Å². The maximum absolute atomic E-state index is 5.66. The lowest BCUT2D eigenvalue weighted by Crippen LogP contribution is -1.94. The number of rotatable bonds is 1. The molecule has 2 heteroatoms. The number of nitrogens with zero attached hydrogens (tertiary/aromatic N) is 1. The third kappa shape index (κ3) is 1.78. The summed E-state index contributed by atoms with van der Waals surface area (Å²) in [5, 5.41) is 0. The van der Waals surface area contributed by atoms with Crippen molar-refractivity contribution in [2.75, 3.05) is 5.73 Å². The van der Waals surface area contributed by atoms with Gasteiger partial charge in [-0.2, -0.15) is 0 Å². The van der Waals surface area contributed by atoms with Crippen LogP contribution in [-0.4, -0.2) is 4.98 Å². The van der Waals surface area contributed by atoms with Crippen molar-refractivity contribution in [3.05, 3.63) is 47.2 Å². The van der Waals surface area contributed by atoms with E-state index < -0.39 is 0 Å². The van der Waals surface area contributed by atoms with E-state index in [4.69, 9.17) is 5.73 Å². The summed E-state index contributed by atoms with van der Waals surface area (Å²) < 4.78 is 0. The zero-order chi connectivity index (χ0) is 11.7. The lowest BCUT2D eigenvalue weighted by atomic mass is 9.95. The smallest absolute Gasteiger partial charge is 0.123 e. The van der Waals surface area contributed by atoms with Crippen LogP contribution in [-0.2, 0) is 0 Å². The minimum atomic E-state index is 0.576. The molecule has 0 saturated heterocycles. The van der Waals surface area contributed by atoms with Gasteiger partial charge in [-0.1, -0.05) is 18.2 Å². The Labute approximate surface area is 96.1 Å². The van der Waals surface area contributed by atoms with Crippen molar-refractivity contribution in [2.45, 2.75) is 20.8 Å². The normalized spacial score (nSPS) is 10.4. The van der Waals surface area contributed by atoms with Crippen molar-refractivity contribution in [3.63, 3.8) is 0 Å². The van der Waals surface area contributed by atoms with Crippen molar-refractivity contribution >= 4 is 5.82 Å². The van der Waals surface area contributed by atoms with Gasteiger partial charge < -0.3 is 5.73 Å². The van der Waals surface area contributed by atoms with E-state index in [1.165, 1.54) is 22.3 Å². The zero-order valence-corrected chi connectivity index (χ0v) is 9.91. The number of pyridine rings is 1. The minimum absolute atomic E-state index is 0.576. The molecule has 2 nitrogen and oxygen atoms in total. The molecular weight excluding hydrogens is 196 g/mol. The molecule has 0 spiro atoms. The highest BCUT2D eigenvalue weighted by molar-refractivity contribution is 5.71. The monoisotopic (exact) mass is 212 g/mol. The second kappa shape index (κ2) is 3.97. The molecule has 1 heterocycles. The Balaban J connectivity index is 2.63. The van der Waals surface area contributed by atoms with Gasteiger partial charge in [0, 0.05) is 11.8 Å². The van der Waals surface area contributed by atoms with Gasteiger partial charge in [-0.15, -0.1) is 0 Å². The van der Waals surface area contributed by atoms with Crippen LogP contribution in [0.4, 0.5) is 5.82 Å². The Hall–Kier alpha value is -1.83. The quantitative estimate of drug-likeness (QED) is 0.788. The van der Waals surface area contributed by atoms with Crippen molar-refractivity contribution in [2.24, 2.45) is 0 Å². The molecule has 0 amide bonds. The van der Waals surface area contributed by atoms with E-state index in [2.05, 4.69) is 44.0 Å². The number of aryl methyl sites for hydroxylation is 2. The first-order valence-electron chi connectivity index (χ1n) is 5.38. The number of anilines is 1. The largest absolute Gasteiger partial charge is 0.384 e. The average Bonchev–Trinajstić information content (AvgIpc) is 2.23. The first-order valence-corrected chi connectivity index (χ1v) is 5.38. The fraction of sp³-hybridized carbons (Fsp3) is 0.214. The summed E-state index contributed by atoms with van der Waals surface area (Å²) in [6.07, 6.45) is 1.85. The van der Waals surface area contributed by atoms with Crippen molar-refractivity contribution < 1.29 is 0 Å². The Morgan fingerprint density at radius 1 is 1.00 bits per heavy atom. The predicted molar refractivity (Wildman–Crippen MR) is 68.3 cm³/mol. The molecule has 1 aromatic carbocycles. The van der Waals surface area contributed by atoms with Crippen LogP contribution in [0.5, 0.6) is 0 Å². The highest BCUT2D eigenvalue weighted by Gasteiger charge is 2.07. The molecule has 0 aliphatic carbocycles. The van der Waals surface area contributed by atoms with Crippen molar-refractivity contribution in [1.82, 2.24) is 4.98 Å². The van der Waals surface area contributed by atoms with E-state index >= 15 is 0 Å². The Morgan fingerprint density at radius 3 is 2.44 bits per heavy atom. The number of nitrogens with two attached hydrogens (primary N) is 1. The fourth-order valence-electron chi connectivity index (χ4n) is 1.90. The average molecular weight is 212 g/mol. The maximum atomic E-state index is 5.66. The van der Waals surface area contributed by atoms with E-state index in [0.717, 1.165) is 5.56 Å². The molecule has 16 heavy (non-hydrogen) atoms. The lowest BCUT2D eigenvalue weighted by Gasteiger charge is -2.11. The molecule has 0 radical (unpaired) electrons. The molecule has 0 aliphatic rings. The van der Waals surface area contributed by atoms with E-state index in [0.29, 0.717) is 5.82 Å². The van der Waals surface area contributed by atoms with Gasteiger partial charge >= 0.3 is 0 Å². The molecule has 0 aliphatic heterocycles. The van der Waals surface area contributed by atoms with E-state index in [1.807, 2.05) is 12.3 Å². The number of benzene rings is 1. The van der Waals surface area contributed by atoms with Crippen LogP contribution in [0.15, 0.2) is 30.5 Å². The molecule has 1 aromatic heterocycles. The van der Waals surface area contributed by atoms with Gasteiger partial charge in [0.2, 0.25) is 0 Å². The molecular formula is C14H16N2. The molecule has 2 aromatic rings. The molecule has 0 unspecified atom stereocenters. The molecule has 2 rings (SSSR count). The molecule has 2 N–H and O–H groups in total. The first-order chi connectivity index (χ1) is 7.59. The van der Waals surface area contributed by atoms with Crippen molar-refractivity contribution in [1.29, 1.82) is 0 Å². The highest BCUT2D eigenvalue weighted by atomic mass is 14.8. The van der Waals surface area contributed by atoms with Crippen LogP contribution in [0.3, 0.4) is 0 Å². The van der Waals surface area contributed by atoms with Crippen LogP contribution in [0.1, 0.15) is 16.7 Å². The highest BCUT2D eigenvalue weighted by Crippen LogP contribution is 2.28. The SMILES string of the molecule is Cc1cc(N)ncc1-c1cccc(C)c1C. The van der Waals surface area contributed by atoms with Gasteiger partial charge in [0.05, 0.1) is 0 Å². The topological polar surface area (TPSA) is 38.9 Å². The van der Waals surface area contributed by atoms with Crippen LogP contribution in [0.2, 0.25) is 0 Å². The second-order valence-corrected chi connectivity index (χ2v) is 4.17. The number of nitrogen functional groups attached to an aromatic ring is 1. The number of hydrogen-bond acceptors (Lipinski definition) is 2. The Morgan fingerprint density at radius 2 is 1.75 bits per heavy atom. The summed E-state index contributed by atoms with van der Waals surface area (Å²) in [5.41, 5.74) is 11.8. The van der Waals surface area contributed by atoms with E-state index in [-0.39, 0.29) is 0 Å². The van der Waals surface area contributed by atoms with Gasteiger partial charge in [-0.05, 0) is 49.1 Å². The van der Waals surface area contributed by atoms with Gasteiger partial charge in [0.25, 0.3) is 0 Å². The van der Waals surface area contributed by atoms with Crippen LogP contribution in [0, 0.1) is 20.8 Å². The number of aromatic nitrogens is 1. The zero-order valence-electron chi connectivity index (χ0n) is 9.91. The molecule has 82 valence electrons. The van der Waals surface area contributed by atoms with Gasteiger partial charge in [0.1, 0.15) is 5.82 Å². The predicted octanol–water partition coefficient (Wildman–Crippen LogP) is 3.26. The standard InChI is InChI=1S/C14H16N2/c1-9-5-4-6-12(11(9)3)13-8-16-14(15)7-10(13)2/h4-8H,1-3H3,(H2,15,16). The lowest BCUT2D eigenvalue weighted by molar-refractivity contribution is 1.27. The summed E-state index contributed by atoms with van der Waals surface area (Å²) in [4.78, 5) is 4.16.